The summed E-state index contributed by atoms with van der Waals surface area (Å²) in [6.07, 6.45) is 7.12. The van der Waals surface area contributed by atoms with Crippen LogP contribution in [0.2, 0.25) is 0 Å². The highest BCUT2D eigenvalue weighted by molar-refractivity contribution is 6.71. The second kappa shape index (κ2) is 7.09. The Morgan fingerprint density at radius 1 is 1.38 bits per heavy atom. The Balaban J connectivity index is 2.18. The fourth-order valence-corrected chi connectivity index (χ4v) is 2.07. The van der Waals surface area contributed by atoms with Crippen molar-refractivity contribution in [3.8, 4) is 0 Å². The van der Waals surface area contributed by atoms with Gasteiger partial charge in [0, 0.05) is 12.2 Å². The number of aromatic nitrogens is 2. The van der Waals surface area contributed by atoms with Crippen molar-refractivity contribution in [1.82, 2.24) is 9.55 Å². The third-order valence-electron chi connectivity index (χ3n) is 3.20. The van der Waals surface area contributed by atoms with Crippen molar-refractivity contribution < 1.29 is 0 Å². The highest BCUT2D eigenvalue weighted by Crippen LogP contribution is 2.35. The number of nitrogens with one attached hydrogen (secondary N) is 1. The van der Waals surface area contributed by atoms with Crippen molar-refractivity contribution in [2.75, 3.05) is 5.32 Å². The van der Waals surface area contributed by atoms with E-state index in [1.54, 1.807) is 6.92 Å². The first kappa shape index (κ1) is 16.0. The number of allylic oxidation sites excluding steroid dienone is 1. The maximum absolute atomic E-state index is 5.98. The zero-order valence-electron chi connectivity index (χ0n) is 12.4. The van der Waals surface area contributed by atoms with Crippen molar-refractivity contribution in [2.24, 2.45) is 9.98 Å². The highest BCUT2D eigenvalue weighted by Gasteiger charge is 2.23. The van der Waals surface area contributed by atoms with Crippen LogP contribution >= 0.6 is 23.2 Å². The van der Waals surface area contributed by atoms with E-state index in [1.807, 2.05) is 19.4 Å². The van der Waals surface area contributed by atoms with Gasteiger partial charge < -0.3 is 9.88 Å². The van der Waals surface area contributed by atoms with Gasteiger partial charge in [0.25, 0.3) is 0 Å². The van der Waals surface area contributed by atoms with Gasteiger partial charge in [-0.15, -0.1) is 0 Å². The molecule has 1 saturated carbocycles. The maximum atomic E-state index is 5.98. The summed E-state index contributed by atoms with van der Waals surface area (Å²) in [5, 5.41) is 3.64. The fraction of sp³-hybridized carbons (Fsp3) is 0.500. The summed E-state index contributed by atoms with van der Waals surface area (Å²) in [7, 11) is 0. The lowest BCUT2D eigenvalue weighted by Crippen LogP contribution is -2.03. The van der Waals surface area contributed by atoms with Gasteiger partial charge in [-0.1, -0.05) is 18.5 Å². The van der Waals surface area contributed by atoms with Gasteiger partial charge in [0.2, 0.25) is 5.29 Å². The van der Waals surface area contributed by atoms with E-state index in [0.29, 0.717) is 17.0 Å². The summed E-state index contributed by atoms with van der Waals surface area (Å²) in [4.78, 5) is 12.5. The van der Waals surface area contributed by atoms with E-state index in [4.69, 9.17) is 23.2 Å². The molecule has 0 aromatic carbocycles. The van der Waals surface area contributed by atoms with Crippen LogP contribution in [0.15, 0.2) is 33.9 Å². The molecule has 0 saturated heterocycles. The average molecular weight is 328 g/mol. The van der Waals surface area contributed by atoms with Crippen molar-refractivity contribution in [3.05, 3.63) is 23.9 Å². The van der Waals surface area contributed by atoms with Gasteiger partial charge in [0.05, 0.1) is 6.33 Å². The molecule has 1 aliphatic carbocycles. The smallest absolute Gasteiger partial charge is 0.225 e. The Morgan fingerprint density at radius 3 is 2.67 bits per heavy atom. The Kier molecular flexibility index (Phi) is 5.42. The number of hydrogen-bond donors (Lipinski definition) is 1. The molecule has 0 aliphatic heterocycles. The first-order valence-electron chi connectivity index (χ1n) is 6.94. The molecule has 1 heterocycles. The van der Waals surface area contributed by atoms with Gasteiger partial charge >= 0.3 is 0 Å². The van der Waals surface area contributed by atoms with Gasteiger partial charge in [0.15, 0.2) is 0 Å². The average Bonchev–Trinajstić information content (AvgIpc) is 3.17. The van der Waals surface area contributed by atoms with Crippen LogP contribution in [-0.4, -0.2) is 20.0 Å². The van der Waals surface area contributed by atoms with Gasteiger partial charge in [-0.2, -0.15) is 0 Å². The topological polar surface area (TPSA) is 54.6 Å². The van der Waals surface area contributed by atoms with Crippen LogP contribution in [0.3, 0.4) is 0 Å². The number of rotatable bonds is 5. The van der Waals surface area contributed by atoms with E-state index in [-0.39, 0.29) is 5.29 Å². The number of imidazole rings is 1. The molecule has 0 unspecified atom stereocenters. The van der Waals surface area contributed by atoms with E-state index in [1.165, 1.54) is 12.8 Å². The van der Waals surface area contributed by atoms with Crippen LogP contribution in [0.4, 0.5) is 5.82 Å². The molecule has 1 N–H and O–H groups in total. The summed E-state index contributed by atoms with van der Waals surface area (Å²) in [5.74, 6) is 1.41. The van der Waals surface area contributed by atoms with Gasteiger partial charge in [-0.05, 0) is 50.3 Å². The molecule has 0 amide bonds. The normalized spacial score (nSPS) is 17.8. The van der Waals surface area contributed by atoms with Crippen molar-refractivity contribution in [1.29, 1.82) is 0 Å². The lowest BCUT2D eigenvalue weighted by atomic mass is 10.2. The Bertz CT molecular complexity index is 592. The molecule has 0 spiro atoms. The quantitative estimate of drug-likeness (QED) is 0.491. The Hall–Kier alpha value is -1.33. The second-order valence-electron chi connectivity index (χ2n) is 5.03. The molecular formula is C14H19Cl2N5. The molecule has 0 bridgehead atoms. The van der Waals surface area contributed by atoms with E-state index in [2.05, 4.69) is 31.8 Å². The van der Waals surface area contributed by atoms with E-state index >= 15 is 0 Å². The zero-order valence-corrected chi connectivity index (χ0v) is 13.9. The Labute approximate surface area is 134 Å². The molecule has 0 radical (unpaired) electrons. The molecule has 0 atom stereocenters. The monoisotopic (exact) mass is 327 g/mol. The number of aliphatic imine (C=N–C) groups is 2. The molecule has 114 valence electrons. The molecule has 1 fully saturated rings. The van der Waals surface area contributed by atoms with Crippen LogP contribution in [-0.2, 0) is 0 Å². The van der Waals surface area contributed by atoms with Crippen molar-refractivity contribution >= 4 is 39.5 Å². The third-order valence-corrected chi connectivity index (χ3v) is 3.45. The second-order valence-corrected chi connectivity index (χ2v) is 5.92. The summed E-state index contributed by atoms with van der Waals surface area (Å²) < 4.78 is 2.12. The minimum absolute atomic E-state index is 0.0967. The lowest BCUT2D eigenvalue weighted by molar-refractivity contribution is 0.741. The van der Waals surface area contributed by atoms with Crippen LogP contribution in [0, 0.1) is 0 Å². The number of anilines is 1. The number of halogens is 2. The predicted molar refractivity (Wildman–Crippen MR) is 89.4 cm³/mol. The summed E-state index contributed by atoms with van der Waals surface area (Å²) in [6, 6.07) is 0.600. The first-order chi connectivity index (χ1) is 9.99. The molecule has 1 aliphatic rings. The number of amidine groups is 1. The fourth-order valence-electron chi connectivity index (χ4n) is 1.74. The molecular weight excluding hydrogens is 309 g/mol. The third kappa shape index (κ3) is 4.86. The standard InChI is InChI=1S/C14H19Cl2N5/c1-4-9(2)13(20-14(16)18-10(3)15)19-12-7-21(8-17-12)11-5-6-11/h7-8,11,19H,4-6H2,1-3H3/b13-9+,18-10+,20-14-. The van der Waals surface area contributed by atoms with Crippen LogP contribution < -0.4 is 5.32 Å². The van der Waals surface area contributed by atoms with E-state index in [9.17, 15) is 0 Å². The van der Waals surface area contributed by atoms with E-state index < -0.39 is 0 Å². The summed E-state index contributed by atoms with van der Waals surface area (Å²) >= 11 is 11.7. The lowest BCUT2D eigenvalue weighted by Gasteiger charge is -2.07. The molecule has 1 aromatic rings. The summed E-state index contributed by atoms with van der Waals surface area (Å²) in [5.41, 5.74) is 1.07. The van der Waals surface area contributed by atoms with Crippen molar-refractivity contribution in [3.63, 3.8) is 0 Å². The SMILES string of the molecule is CC/C(C)=C(/N=C(Cl)\N=C(/C)Cl)Nc1cn(C2CC2)cn1. The molecule has 1 aromatic heterocycles. The molecule has 2 rings (SSSR count). The van der Waals surface area contributed by atoms with Crippen molar-refractivity contribution in [2.45, 2.75) is 46.1 Å². The van der Waals surface area contributed by atoms with Gasteiger partial charge in [0.1, 0.15) is 16.8 Å². The van der Waals surface area contributed by atoms with Crippen LogP contribution in [0.5, 0.6) is 0 Å². The minimum atomic E-state index is 0.0967. The zero-order chi connectivity index (χ0) is 15.4. The van der Waals surface area contributed by atoms with E-state index in [0.717, 1.165) is 17.8 Å². The number of nitrogens with zero attached hydrogens (tertiary/aromatic N) is 4. The highest BCUT2D eigenvalue weighted by atomic mass is 35.5. The molecule has 5 nitrogen and oxygen atoms in total. The van der Waals surface area contributed by atoms with Crippen LogP contribution in [0.1, 0.15) is 46.1 Å². The largest absolute Gasteiger partial charge is 0.332 e. The maximum Gasteiger partial charge on any atom is 0.225 e. The first-order valence-corrected chi connectivity index (χ1v) is 7.70. The molecule has 7 heteroatoms. The summed E-state index contributed by atoms with van der Waals surface area (Å²) in [6.45, 7) is 5.70. The van der Waals surface area contributed by atoms with Gasteiger partial charge in [-0.3, -0.25) is 0 Å². The minimum Gasteiger partial charge on any atom is -0.332 e. The molecule has 21 heavy (non-hydrogen) atoms. The number of hydrogen-bond acceptors (Lipinski definition) is 3. The Morgan fingerprint density at radius 2 is 2.10 bits per heavy atom. The van der Waals surface area contributed by atoms with Gasteiger partial charge in [-0.25, -0.2) is 15.0 Å². The van der Waals surface area contributed by atoms with Crippen LogP contribution in [0.25, 0.3) is 0 Å². The predicted octanol–water partition coefficient (Wildman–Crippen LogP) is 4.52.